The number of nitrogens with zero attached hydrogens (tertiary/aromatic N) is 15. The summed E-state index contributed by atoms with van der Waals surface area (Å²) < 4.78 is 19.4. The number of nitriles is 1. The number of pyridine rings is 4. The van der Waals surface area contributed by atoms with Crippen LogP contribution in [0.1, 0.15) is 5.56 Å². The van der Waals surface area contributed by atoms with Gasteiger partial charge in [-0.25, -0.2) is 15.0 Å². The molecule has 0 aliphatic rings. The molecule has 35 rings (SSSR count). The fraction of sp³-hybridized carbons (Fsp3) is 0. The summed E-state index contributed by atoms with van der Waals surface area (Å²) >= 11 is 0. The molecule has 16 heterocycles. The Kier molecular flexibility index (Phi) is 14.6. The molecular formula is C131H69N15. The first kappa shape index (κ1) is 76.7. The number of aromatic nitrogens is 14. The monoisotopic (exact) mass is 1850 g/mol. The molecule has 146 heavy (non-hydrogen) atoms. The van der Waals surface area contributed by atoms with Crippen molar-refractivity contribution >= 4 is 267 Å². The second kappa shape index (κ2) is 27.7. The van der Waals surface area contributed by atoms with Gasteiger partial charge in [-0.1, -0.05) is 231 Å². The minimum atomic E-state index is 0.475. The van der Waals surface area contributed by atoms with E-state index in [4.69, 9.17) is 29.9 Å². The van der Waals surface area contributed by atoms with E-state index >= 15 is 0 Å². The smallest absolute Gasteiger partial charge is 0.237 e. The number of hydrogen-bond donors (Lipinski definition) is 0. The van der Waals surface area contributed by atoms with Crippen LogP contribution in [0.3, 0.4) is 0 Å². The lowest BCUT2D eigenvalue weighted by atomic mass is 9.95. The minimum Gasteiger partial charge on any atom is -0.309 e. The van der Waals surface area contributed by atoms with Gasteiger partial charge in [0.05, 0.1) is 152 Å². The maximum Gasteiger partial charge on any atom is 0.237 e. The summed E-state index contributed by atoms with van der Waals surface area (Å²) in [5, 5.41) is 43.9. The van der Waals surface area contributed by atoms with E-state index in [-0.39, 0.29) is 0 Å². The number of fused-ring (bicyclic) bond motifs is 43. The lowest BCUT2D eigenvalue weighted by molar-refractivity contribution is 1.01. The molecule has 0 fully saturated rings. The van der Waals surface area contributed by atoms with Crippen LogP contribution in [-0.4, -0.2) is 65.9 Å². The third-order valence-electron chi connectivity index (χ3n) is 32.4. The second-order valence-electron chi connectivity index (χ2n) is 39.4. The van der Waals surface area contributed by atoms with Crippen molar-refractivity contribution in [1.82, 2.24) is 65.9 Å². The van der Waals surface area contributed by atoms with Crippen molar-refractivity contribution in [3.05, 3.63) is 425 Å². The summed E-state index contributed by atoms with van der Waals surface area (Å²) in [5.74, 6) is 1.27. The minimum absolute atomic E-state index is 0.475. The van der Waals surface area contributed by atoms with Crippen molar-refractivity contribution < 1.29 is 0 Å². The van der Waals surface area contributed by atoms with E-state index in [0.29, 0.717) is 22.9 Å². The fourth-order valence-electron chi connectivity index (χ4n) is 26.6. The Morgan fingerprint density at radius 3 is 1.30 bits per heavy atom. The fourth-order valence-corrected chi connectivity index (χ4v) is 26.6. The predicted molar refractivity (Wildman–Crippen MR) is 600 cm³/mol. The Hall–Kier alpha value is -20.2. The molecule has 0 unspecified atom stereocenters. The van der Waals surface area contributed by atoms with Crippen molar-refractivity contribution in [3.8, 4) is 68.5 Å². The van der Waals surface area contributed by atoms with Gasteiger partial charge in [0.2, 0.25) is 5.95 Å². The molecule has 15 nitrogen and oxygen atoms in total. The summed E-state index contributed by atoms with van der Waals surface area (Å²) in [6, 6.07) is 145. The number of para-hydroxylation sites is 8. The van der Waals surface area contributed by atoms with Crippen LogP contribution in [0.15, 0.2) is 419 Å². The summed E-state index contributed by atoms with van der Waals surface area (Å²) in [6.07, 6.45) is 10.00. The Morgan fingerprint density at radius 2 is 0.692 bits per heavy atom. The van der Waals surface area contributed by atoms with Gasteiger partial charge in [-0.3, -0.25) is 19.1 Å². The number of hydrogen-bond acceptors (Lipinski definition) is 7. The van der Waals surface area contributed by atoms with Crippen LogP contribution in [0, 0.1) is 11.3 Å². The zero-order valence-electron chi connectivity index (χ0n) is 77.5. The van der Waals surface area contributed by atoms with Crippen molar-refractivity contribution in [2.24, 2.45) is 0 Å². The average Bonchev–Trinajstić information content (AvgIpc) is 1.53. The zero-order valence-corrected chi connectivity index (χ0v) is 77.5. The van der Waals surface area contributed by atoms with Gasteiger partial charge in [0.25, 0.3) is 0 Å². The van der Waals surface area contributed by atoms with Gasteiger partial charge < -0.3 is 26.9 Å². The molecule has 0 saturated heterocycles. The Labute approximate surface area is 825 Å². The topological polar surface area (TPSA) is 139 Å². The van der Waals surface area contributed by atoms with E-state index in [1.807, 2.05) is 48.8 Å². The van der Waals surface area contributed by atoms with E-state index < -0.39 is 0 Å². The van der Waals surface area contributed by atoms with Gasteiger partial charge in [0.1, 0.15) is 5.82 Å². The number of rotatable bonds is 8. The Balaban J connectivity index is 0.519. The van der Waals surface area contributed by atoms with Crippen LogP contribution in [0.5, 0.6) is 0 Å². The molecule has 0 atom stereocenters. The molecule has 0 bridgehead atoms. The Morgan fingerprint density at radius 1 is 0.219 bits per heavy atom. The highest BCUT2D eigenvalue weighted by Crippen LogP contribution is 2.55. The predicted octanol–water partition coefficient (Wildman–Crippen LogP) is 32.5. The van der Waals surface area contributed by atoms with Crippen LogP contribution >= 0.6 is 0 Å². The molecule has 0 aliphatic heterocycles. The molecule has 668 valence electrons. The maximum absolute atomic E-state index is 10.3. The van der Waals surface area contributed by atoms with Crippen LogP contribution in [0.4, 0.5) is 0 Å². The zero-order chi connectivity index (χ0) is 94.6. The van der Waals surface area contributed by atoms with E-state index in [0.717, 1.165) is 192 Å². The first-order valence-electron chi connectivity index (χ1n) is 49.6. The van der Waals surface area contributed by atoms with Crippen LogP contribution in [0.2, 0.25) is 0 Å². The second-order valence-corrected chi connectivity index (χ2v) is 39.4. The quantitative estimate of drug-likeness (QED) is 0.148. The highest BCUT2D eigenvalue weighted by atomic mass is 15.2. The molecule has 15 heteroatoms. The SMILES string of the molecule is N#Cc1cccc(-c2nc(-n3c4ccc5ccc(-c6cncc7c6c6ccccc6n7-c6ccc(-n7c8ccc9cc(-c%10cc%11c%12ccccc%12n(-c%12cccc(-n%13c%14ccc%15ccccc%15c%14c%14c%15c%16ccccc%16n%16c%17ccccc%17c(cc%14%13)c%15%16)c%12)c%11cn%10)ccc9c8c8c9c%10ccccc%10n%10c%11ccccc%11c(cc87)c9%10)nc6)cc5c4c4c5c6ccccc6n6c7ccccc7c(cc43)c56)nc3ncccc23)c1. The third kappa shape index (κ3) is 9.74. The van der Waals surface area contributed by atoms with Gasteiger partial charge in [-0.2, -0.15) is 10.2 Å². The average molecular weight is 1850 g/mol. The summed E-state index contributed by atoms with van der Waals surface area (Å²) in [5.41, 5.74) is 30.8. The standard InChI is InChI=1S/C131H69N15/c132-66-71-22-19-24-77(58-71)126-91-36-21-57-134-130(91)138-131(137-126)146-109-54-49-73-45-46-75(60-92(73)119(109)125-112(146)65-96-86-31-6-14-40-102(86)145-106-44-18-10-35-90(106)122(125)129(96)145)97-68-133-69-114-116(97)87-32-7-15-41-103(87)141(114)80-51-56-115(136-67-80)142-108-55-50-74-59-76(47-52-82(74)118(108)124-111(142)64-95-85-30-5-13-39-101(85)144-105-43-17-9-34-89(105)121(124)128(95)144)98-62-93-83-28-3-11-37-99(83)139(113(93)70-135-98)78-25-20-26-79(61-78)140-107-53-48-72-23-1-2-27-81(72)117(107)123-110(140)63-94-84-29-4-12-38-100(84)143-104-42-16-8-33-88(104)120(123)127(94)143/h1-65,67-70H. The molecular weight excluding hydrogens is 1780 g/mol. The van der Waals surface area contributed by atoms with Crippen molar-refractivity contribution in [1.29, 1.82) is 5.26 Å². The molecule has 0 aliphatic carbocycles. The third-order valence-corrected chi connectivity index (χ3v) is 32.4. The summed E-state index contributed by atoms with van der Waals surface area (Å²) in [7, 11) is 0. The maximum atomic E-state index is 10.3. The Bertz CT molecular complexity index is 12200. The molecule has 0 saturated carbocycles. The molecule has 16 aromatic heterocycles. The molecule has 0 spiro atoms. The van der Waals surface area contributed by atoms with Crippen LogP contribution in [-0.2, 0) is 0 Å². The lowest BCUT2D eigenvalue weighted by Crippen LogP contribution is -2.04. The first-order chi connectivity index (χ1) is 72.4. The van der Waals surface area contributed by atoms with E-state index in [1.54, 1.807) is 6.20 Å². The van der Waals surface area contributed by atoms with Gasteiger partial charge in [0.15, 0.2) is 5.65 Å². The van der Waals surface area contributed by atoms with Crippen LogP contribution < -0.4 is 0 Å². The lowest BCUT2D eigenvalue weighted by Gasteiger charge is -2.13. The molecule has 0 radical (unpaired) electrons. The van der Waals surface area contributed by atoms with E-state index in [9.17, 15) is 5.26 Å². The van der Waals surface area contributed by atoms with Crippen LogP contribution in [0.25, 0.3) is 329 Å². The molecule has 0 N–H and O–H groups in total. The van der Waals surface area contributed by atoms with Crippen molar-refractivity contribution in [2.75, 3.05) is 0 Å². The van der Waals surface area contributed by atoms with Gasteiger partial charge in [0, 0.05) is 164 Å². The van der Waals surface area contributed by atoms with E-state index in [1.165, 1.54) is 120 Å². The largest absolute Gasteiger partial charge is 0.309 e. The normalized spacial score (nSPS) is 12.7. The summed E-state index contributed by atoms with van der Waals surface area (Å²) in [4.78, 5) is 32.3. The highest BCUT2D eigenvalue weighted by molar-refractivity contribution is 6.43. The number of benzene rings is 19. The van der Waals surface area contributed by atoms with Crippen molar-refractivity contribution in [3.63, 3.8) is 0 Å². The van der Waals surface area contributed by atoms with Gasteiger partial charge >= 0.3 is 0 Å². The van der Waals surface area contributed by atoms with Gasteiger partial charge in [-0.05, 0) is 196 Å². The highest BCUT2D eigenvalue weighted by Gasteiger charge is 2.33. The summed E-state index contributed by atoms with van der Waals surface area (Å²) in [6.45, 7) is 0. The molecule has 35 aromatic rings. The van der Waals surface area contributed by atoms with E-state index in [2.05, 4.69) is 406 Å². The van der Waals surface area contributed by atoms with Gasteiger partial charge in [-0.15, -0.1) is 0 Å². The molecule has 0 amide bonds. The molecule has 19 aromatic carbocycles. The first-order valence-corrected chi connectivity index (χ1v) is 49.6. The van der Waals surface area contributed by atoms with Crippen molar-refractivity contribution in [2.45, 2.75) is 0 Å².